The van der Waals surface area contributed by atoms with Crippen molar-refractivity contribution in [3.63, 3.8) is 0 Å². The molecule has 3 rings (SSSR count). The van der Waals surface area contributed by atoms with Gasteiger partial charge in [0.2, 0.25) is 0 Å². The quantitative estimate of drug-likeness (QED) is 0.623. The molecule has 1 aromatic rings. The monoisotopic (exact) mass is 442 g/mol. The molecule has 0 bridgehead atoms. The Morgan fingerprint density at radius 3 is 2.10 bits per heavy atom. The molecule has 1 amide bonds. The number of nitrogens with two attached hydrogens (primary N) is 1. The average molecular weight is 443 g/mol. The molecular formula is C22H35ClN2O3S. The summed E-state index contributed by atoms with van der Waals surface area (Å²) in [5, 5.41) is 5.86. The third-order valence-electron chi connectivity index (χ3n) is 5.38. The van der Waals surface area contributed by atoms with Crippen molar-refractivity contribution in [2.24, 2.45) is 10.6 Å². The van der Waals surface area contributed by atoms with Gasteiger partial charge in [0.05, 0.1) is 15.7 Å². The van der Waals surface area contributed by atoms with Crippen LogP contribution < -0.4 is 5.14 Å². The molecule has 1 unspecified atom stereocenters. The third kappa shape index (κ3) is 6.97. The number of nitrogens with zero attached hydrogens (tertiary/aromatic N) is 1. The Hall–Kier alpha value is -1.11. The van der Waals surface area contributed by atoms with Crippen molar-refractivity contribution in [2.45, 2.75) is 77.6 Å². The second kappa shape index (κ2) is 8.94. The van der Waals surface area contributed by atoms with Crippen molar-refractivity contribution < 1.29 is 13.7 Å². The largest absolute Gasteiger partial charge is 0.444 e. The molecule has 0 radical (unpaired) electrons. The first-order valence-electron chi connectivity index (χ1n) is 10.1. The fourth-order valence-electron chi connectivity index (χ4n) is 3.65. The molecule has 0 aromatic heterocycles. The van der Waals surface area contributed by atoms with E-state index < -0.39 is 16.6 Å². The molecule has 1 spiro atoms. The first kappa shape index (κ1) is 24.2. The van der Waals surface area contributed by atoms with E-state index in [1.54, 1.807) is 0 Å². The minimum atomic E-state index is -1.18. The maximum atomic E-state index is 12.2. The predicted molar refractivity (Wildman–Crippen MR) is 120 cm³/mol. The molecule has 5 nitrogen and oxygen atoms in total. The van der Waals surface area contributed by atoms with Crippen LogP contribution in [0.1, 0.15) is 65.5 Å². The molecule has 7 heteroatoms. The lowest BCUT2D eigenvalue weighted by Gasteiger charge is -2.39. The van der Waals surface area contributed by atoms with E-state index in [1.165, 1.54) is 11.1 Å². The summed E-state index contributed by atoms with van der Waals surface area (Å²) in [6, 6.07) is 6.24. The van der Waals surface area contributed by atoms with E-state index in [1.807, 2.05) is 52.5 Å². The molecule has 2 N–H and O–H groups in total. The highest BCUT2D eigenvalue weighted by Gasteiger charge is 2.41. The van der Waals surface area contributed by atoms with Crippen molar-refractivity contribution in [3.05, 3.63) is 34.3 Å². The summed E-state index contributed by atoms with van der Waals surface area (Å²) >= 11 is 6.11. The molecule has 1 fully saturated rings. The smallest absolute Gasteiger partial charge is 0.410 e. The number of ether oxygens (including phenoxy) is 1. The summed E-state index contributed by atoms with van der Waals surface area (Å²) in [5.74, 6) is 0. The zero-order chi connectivity index (χ0) is 22.0. The van der Waals surface area contributed by atoms with Gasteiger partial charge in [0.15, 0.2) is 0 Å². The SMILES string of the molecule is CC(C)(C)OC(=O)N1CCC2(CC1)Cc1ccc(Cl)cc1C2.CC(C)(C)S(N)=O. The van der Waals surface area contributed by atoms with Crippen LogP contribution in [0, 0.1) is 5.41 Å². The molecule has 164 valence electrons. The Kier molecular flexibility index (Phi) is 7.45. The first-order chi connectivity index (χ1) is 13.2. The molecule has 1 saturated heterocycles. The molecular weight excluding hydrogens is 408 g/mol. The van der Waals surface area contributed by atoms with Gasteiger partial charge in [-0.1, -0.05) is 17.7 Å². The highest BCUT2D eigenvalue weighted by atomic mass is 35.5. The number of rotatable bonds is 0. The number of halogens is 1. The normalized spacial score (nSPS) is 19.2. The third-order valence-corrected chi connectivity index (χ3v) is 6.82. The van der Waals surface area contributed by atoms with E-state index in [2.05, 4.69) is 12.1 Å². The number of carbonyl (C=O) groups is 1. The Bertz CT molecular complexity index is 760. The zero-order valence-electron chi connectivity index (χ0n) is 18.5. The Morgan fingerprint density at radius 1 is 1.10 bits per heavy atom. The summed E-state index contributed by atoms with van der Waals surface area (Å²) in [6.45, 7) is 12.8. The summed E-state index contributed by atoms with van der Waals surface area (Å²) in [5.41, 5.74) is 2.70. The minimum Gasteiger partial charge on any atom is -0.444 e. The molecule has 1 aliphatic carbocycles. The molecule has 2 aliphatic rings. The second-order valence-corrected chi connectivity index (χ2v) is 12.4. The number of fused-ring (bicyclic) bond motifs is 1. The van der Waals surface area contributed by atoms with E-state index in [0.29, 0.717) is 5.41 Å². The van der Waals surface area contributed by atoms with E-state index in [-0.39, 0.29) is 10.8 Å². The number of piperidine rings is 1. The van der Waals surface area contributed by atoms with Crippen LogP contribution in [0.15, 0.2) is 18.2 Å². The Labute approximate surface area is 182 Å². The minimum absolute atomic E-state index is 0.180. The standard InChI is InChI=1S/C18H24ClNO2.C4H11NOS/c1-17(2,3)22-16(21)20-8-6-18(7-9-20)11-13-4-5-15(19)10-14(13)12-18;1-4(2,3)7(5)6/h4-5,10H,6-9,11-12H2,1-3H3;5H2,1-3H3. The van der Waals surface area contributed by atoms with Crippen LogP contribution >= 0.6 is 11.6 Å². The van der Waals surface area contributed by atoms with Gasteiger partial charge in [-0.05, 0) is 95.9 Å². The van der Waals surface area contributed by atoms with Crippen molar-refractivity contribution >= 4 is 28.7 Å². The van der Waals surface area contributed by atoms with Crippen molar-refractivity contribution in [1.82, 2.24) is 4.90 Å². The lowest BCUT2D eigenvalue weighted by molar-refractivity contribution is 0.0111. The molecule has 1 atom stereocenters. The molecule has 0 saturated carbocycles. The van der Waals surface area contributed by atoms with Crippen LogP contribution in [0.5, 0.6) is 0 Å². The van der Waals surface area contributed by atoms with Gasteiger partial charge in [0.1, 0.15) is 5.60 Å². The number of hydrogen-bond acceptors (Lipinski definition) is 3. The van der Waals surface area contributed by atoms with E-state index in [9.17, 15) is 9.00 Å². The molecule has 1 aromatic carbocycles. The number of hydrogen-bond donors (Lipinski definition) is 1. The van der Waals surface area contributed by atoms with Crippen LogP contribution in [-0.2, 0) is 28.6 Å². The van der Waals surface area contributed by atoms with Gasteiger partial charge in [0, 0.05) is 18.1 Å². The maximum absolute atomic E-state index is 12.2. The Morgan fingerprint density at radius 2 is 1.62 bits per heavy atom. The molecule has 1 heterocycles. The zero-order valence-corrected chi connectivity index (χ0v) is 20.1. The van der Waals surface area contributed by atoms with Gasteiger partial charge in [-0.25, -0.2) is 9.00 Å². The number of benzene rings is 1. The first-order valence-corrected chi connectivity index (χ1v) is 11.7. The van der Waals surface area contributed by atoms with Crippen LogP contribution in [0.25, 0.3) is 0 Å². The van der Waals surface area contributed by atoms with E-state index in [4.69, 9.17) is 21.5 Å². The van der Waals surface area contributed by atoms with Crippen molar-refractivity contribution in [1.29, 1.82) is 0 Å². The van der Waals surface area contributed by atoms with Gasteiger partial charge in [-0.15, -0.1) is 0 Å². The summed E-state index contributed by atoms with van der Waals surface area (Å²) in [4.78, 5) is 14.0. The highest BCUT2D eigenvalue weighted by Crippen LogP contribution is 2.45. The van der Waals surface area contributed by atoms with Crippen LogP contribution in [0.3, 0.4) is 0 Å². The Balaban J connectivity index is 0.000000370. The van der Waals surface area contributed by atoms with Crippen molar-refractivity contribution in [2.75, 3.05) is 13.1 Å². The van der Waals surface area contributed by atoms with Gasteiger partial charge < -0.3 is 9.64 Å². The topological polar surface area (TPSA) is 72.6 Å². The number of amides is 1. The summed E-state index contributed by atoms with van der Waals surface area (Å²) in [6.07, 6.45) is 4.10. The van der Waals surface area contributed by atoms with Gasteiger partial charge in [-0.3, -0.25) is 5.14 Å². The maximum Gasteiger partial charge on any atom is 0.410 e. The van der Waals surface area contributed by atoms with Crippen LogP contribution in [0.2, 0.25) is 5.02 Å². The average Bonchev–Trinajstić information content (AvgIpc) is 2.90. The molecule has 29 heavy (non-hydrogen) atoms. The van der Waals surface area contributed by atoms with Crippen LogP contribution in [0.4, 0.5) is 4.79 Å². The van der Waals surface area contributed by atoms with E-state index >= 15 is 0 Å². The van der Waals surface area contributed by atoms with Crippen LogP contribution in [-0.4, -0.2) is 38.6 Å². The highest BCUT2D eigenvalue weighted by molar-refractivity contribution is 7.84. The summed E-state index contributed by atoms with van der Waals surface area (Å²) in [7, 11) is -1.18. The number of carbonyl (C=O) groups excluding carboxylic acids is 1. The van der Waals surface area contributed by atoms with Gasteiger partial charge in [0.25, 0.3) is 0 Å². The number of likely N-dealkylation sites (tertiary alicyclic amines) is 1. The fourth-order valence-corrected chi connectivity index (χ4v) is 3.84. The summed E-state index contributed by atoms with van der Waals surface area (Å²) < 4.78 is 15.6. The molecule has 1 aliphatic heterocycles. The van der Waals surface area contributed by atoms with E-state index in [0.717, 1.165) is 43.8 Å². The lowest BCUT2D eigenvalue weighted by atomic mass is 9.76. The second-order valence-electron chi connectivity index (χ2n) is 10.1. The van der Waals surface area contributed by atoms with Gasteiger partial charge in [-0.2, -0.15) is 0 Å². The fraction of sp³-hybridized carbons (Fsp3) is 0.682. The van der Waals surface area contributed by atoms with Gasteiger partial charge >= 0.3 is 6.09 Å². The van der Waals surface area contributed by atoms with Crippen molar-refractivity contribution in [3.8, 4) is 0 Å². The lowest BCUT2D eigenvalue weighted by Crippen LogP contribution is -2.45. The predicted octanol–water partition coefficient (Wildman–Crippen LogP) is 4.86.